The van der Waals surface area contributed by atoms with Gasteiger partial charge < -0.3 is 15.7 Å². The zero-order valence-electron chi connectivity index (χ0n) is 10.9. The highest BCUT2D eigenvalue weighted by Crippen LogP contribution is 2.21. The van der Waals surface area contributed by atoms with Gasteiger partial charge in [0, 0.05) is 13.1 Å². The number of rotatable bonds is 4. The van der Waals surface area contributed by atoms with E-state index in [0.717, 1.165) is 0 Å². The number of amides is 1. The Morgan fingerprint density at radius 1 is 1.47 bits per heavy atom. The van der Waals surface area contributed by atoms with E-state index < -0.39 is 12.0 Å². The van der Waals surface area contributed by atoms with Crippen molar-refractivity contribution in [3.05, 3.63) is 11.9 Å². The summed E-state index contributed by atoms with van der Waals surface area (Å²) in [5.74, 6) is -1.10. The fourth-order valence-corrected chi connectivity index (χ4v) is 1.85. The van der Waals surface area contributed by atoms with Crippen LogP contribution in [-0.4, -0.2) is 56.0 Å². The van der Waals surface area contributed by atoms with Gasteiger partial charge >= 0.3 is 5.97 Å². The number of aromatic nitrogens is 3. The lowest BCUT2D eigenvalue weighted by atomic mass is 10.0. The van der Waals surface area contributed by atoms with Crippen LogP contribution >= 0.6 is 0 Å². The molecule has 1 saturated heterocycles. The molecule has 0 aromatic carbocycles. The molecule has 8 nitrogen and oxygen atoms in total. The molecule has 104 valence electrons. The van der Waals surface area contributed by atoms with E-state index in [9.17, 15) is 9.59 Å². The summed E-state index contributed by atoms with van der Waals surface area (Å²) in [6.07, 6.45) is 1.37. The minimum absolute atomic E-state index is 0.0242. The lowest BCUT2D eigenvalue weighted by molar-refractivity contribution is -0.139. The summed E-state index contributed by atoms with van der Waals surface area (Å²) in [6.45, 7) is 4.77. The van der Waals surface area contributed by atoms with Crippen LogP contribution in [0.2, 0.25) is 0 Å². The first-order valence-electron chi connectivity index (χ1n) is 6.09. The van der Waals surface area contributed by atoms with Gasteiger partial charge in [0.15, 0.2) is 5.69 Å². The van der Waals surface area contributed by atoms with Crippen LogP contribution in [0.5, 0.6) is 0 Å². The van der Waals surface area contributed by atoms with E-state index in [-0.39, 0.29) is 23.6 Å². The first-order valence-corrected chi connectivity index (χ1v) is 6.09. The number of nitrogens with two attached hydrogens (primary N) is 1. The van der Waals surface area contributed by atoms with Crippen molar-refractivity contribution in [1.82, 2.24) is 19.9 Å². The molecule has 2 heterocycles. The van der Waals surface area contributed by atoms with E-state index >= 15 is 0 Å². The smallest absolute Gasteiger partial charge is 0.358 e. The Balaban J connectivity index is 1.92. The lowest BCUT2D eigenvalue weighted by Crippen LogP contribution is -2.56. The third kappa shape index (κ3) is 2.58. The Kier molecular flexibility index (Phi) is 3.52. The Morgan fingerprint density at radius 3 is 2.58 bits per heavy atom. The number of hydrogen-bond acceptors (Lipinski definition) is 5. The molecule has 0 aliphatic carbocycles. The van der Waals surface area contributed by atoms with E-state index in [2.05, 4.69) is 10.3 Å². The molecule has 3 N–H and O–H groups in total. The van der Waals surface area contributed by atoms with Gasteiger partial charge in [0.05, 0.1) is 18.3 Å². The fourth-order valence-electron chi connectivity index (χ4n) is 1.85. The fraction of sp³-hybridized carbons (Fsp3) is 0.636. The molecular formula is C11H17N5O3. The van der Waals surface area contributed by atoms with E-state index in [4.69, 9.17) is 10.8 Å². The molecule has 0 unspecified atom stereocenters. The van der Waals surface area contributed by atoms with Crippen molar-refractivity contribution in [2.24, 2.45) is 11.7 Å². The molecule has 2 rings (SSSR count). The molecule has 0 spiro atoms. The van der Waals surface area contributed by atoms with Crippen LogP contribution in [0.3, 0.4) is 0 Å². The molecule has 19 heavy (non-hydrogen) atoms. The third-order valence-electron chi connectivity index (χ3n) is 3.28. The minimum atomic E-state index is -1.11. The highest BCUT2D eigenvalue weighted by molar-refractivity contribution is 5.84. The van der Waals surface area contributed by atoms with Crippen molar-refractivity contribution in [3.63, 3.8) is 0 Å². The first kappa shape index (κ1) is 13.5. The number of carboxylic acid groups (broad SMARTS) is 1. The maximum atomic E-state index is 11.9. The molecule has 1 fully saturated rings. The van der Waals surface area contributed by atoms with Crippen LogP contribution in [0.4, 0.5) is 0 Å². The highest BCUT2D eigenvalue weighted by atomic mass is 16.4. The van der Waals surface area contributed by atoms with Crippen molar-refractivity contribution in [2.45, 2.75) is 25.9 Å². The van der Waals surface area contributed by atoms with Crippen molar-refractivity contribution in [1.29, 1.82) is 0 Å². The summed E-state index contributed by atoms with van der Waals surface area (Å²) in [4.78, 5) is 24.3. The third-order valence-corrected chi connectivity index (χ3v) is 3.28. The van der Waals surface area contributed by atoms with Crippen LogP contribution in [0.1, 0.15) is 30.4 Å². The van der Waals surface area contributed by atoms with Crippen LogP contribution in [0.25, 0.3) is 0 Å². The maximum absolute atomic E-state index is 11.9. The molecule has 1 aromatic heterocycles. The van der Waals surface area contributed by atoms with E-state index in [0.29, 0.717) is 13.1 Å². The van der Waals surface area contributed by atoms with Crippen molar-refractivity contribution >= 4 is 11.9 Å². The van der Waals surface area contributed by atoms with Crippen molar-refractivity contribution < 1.29 is 14.7 Å². The van der Waals surface area contributed by atoms with Crippen LogP contribution in [0.15, 0.2) is 6.20 Å². The average molecular weight is 267 g/mol. The summed E-state index contributed by atoms with van der Waals surface area (Å²) in [7, 11) is 0. The number of carbonyl (C=O) groups is 2. The van der Waals surface area contributed by atoms with Crippen molar-refractivity contribution in [3.8, 4) is 0 Å². The topological polar surface area (TPSA) is 114 Å². The minimum Gasteiger partial charge on any atom is -0.476 e. The molecule has 1 amide bonds. The van der Waals surface area contributed by atoms with E-state index in [1.54, 1.807) is 4.90 Å². The zero-order valence-corrected chi connectivity index (χ0v) is 10.9. The number of carbonyl (C=O) groups excluding carboxylic acids is 1. The predicted molar refractivity (Wildman–Crippen MR) is 65.4 cm³/mol. The second kappa shape index (κ2) is 4.96. The van der Waals surface area contributed by atoms with Crippen molar-refractivity contribution in [2.75, 3.05) is 13.1 Å². The zero-order chi connectivity index (χ0) is 14.2. The summed E-state index contributed by atoms with van der Waals surface area (Å²) >= 11 is 0. The van der Waals surface area contributed by atoms with Gasteiger partial charge in [-0.3, -0.25) is 4.79 Å². The molecule has 0 radical (unpaired) electrons. The number of nitrogens with zero attached hydrogens (tertiary/aromatic N) is 4. The summed E-state index contributed by atoms with van der Waals surface area (Å²) in [5.41, 5.74) is 5.70. The summed E-state index contributed by atoms with van der Waals surface area (Å²) in [5, 5.41) is 16.0. The highest BCUT2D eigenvalue weighted by Gasteiger charge is 2.35. The van der Waals surface area contributed by atoms with Gasteiger partial charge in [-0.15, -0.1) is 5.10 Å². The Bertz CT molecular complexity index is 492. The first-order chi connectivity index (χ1) is 8.90. The van der Waals surface area contributed by atoms with Gasteiger partial charge in [-0.2, -0.15) is 0 Å². The Morgan fingerprint density at radius 2 is 2.11 bits per heavy atom. The molecule has 8 heteroatoms. The van der Waals surface area contributed by atoms with Crippen LogP contribution < -0.4 is 5.73 Å². The number of aromatic carboxylic acids is 1. The SMILES string of the molecule is CC(C)[C@@H](N)C(=O)N1CC(n2cc(C(=O)O)nn2)C1. The number of likely N-dealkylation sites (tertiary alicyclic amines) is 1. The van der Waals surface area contributed by atoms with Gasteiger partial charge in [0.2, 0.25) is 5.91 Å². The molecule has 1 aromatic rings. The predicted octanol–water partition coefficient (Wildman–Crippen LogP) is -0.657. The lowest BCUT2D eigenvalue weighted by Gasteiger charge is -2.40. The molecule has 1 atom stereocenters. The Labute approximate surface area is 110 Å². The standard InChI is InChI=1S/C11H17N5O3/c1-6(2)9(12)10(17)15-3-7(4-15)16-5-8(11(18)19)13-14-16/h5-7,9H,3-4,12H2,1-2H3,(H,18,19)/t9-/m1/s1. The summed E-state index contributed by atoms with van der Waals surface area (Å²) < 4.78 is 1.48. The normalized spacial score (nSPS) is 17.4. The number of carboxylic acids is 1. The second-order valence-corrected chi connectivity index (χ2v) is 5.06. The molecule has 0 bridgehead atoms. The Hall–Kier alpha value is -1.96. The van der Waals surface area contributed by atoms with Gasteiger partial charge in [-0.05, 0) is 5.92 Å². The van der Waals surface area contributed by atoms with Gasteiger partial charge in [-0.25, -0.2) is 9.48 Å². The molecule has 0 saturated carbocycles. The van der Waals surface area contributed by atoms with E-state index in [1.807, 2.05) is 13.8 Å². The molecular weight excluding hydrogens is 250 g/mol. The monoisotopic (exact) mass is 267 g/mol. The van der Waals surface area contributed by atoms with Gasteiger partial charge in [0.25, 0.3) is 0 Å². The largest absolute Gasteiger partial charge is 0.476 e. The quantitative estimate of drug-likeness (QED) is 0.748. The molecule has 1 aliphatic heterocycles. The van der Waals surface area contributed by atoms with E-state index in [1.165, 1.54) is 10.9 Å². The number of hydrogen-bond donors (Lipinski definition) is 2. The van der Waals surface area contributed by atoms with Crippen LogP contribution in [0, 0.1) is 5.92 Å². The van der Waals surface area contributed by atoms with Crippen LogP contribution in [-0.2, 0) is 4.79 Å². The van der Waals surface area contributed by atoms with Gasteiger partial charge in [0.1, 0.15) is 0 Å². The summed E-state index contributed by atoms with van der Waals surface area (Å²) in [6, 6.07) is -0.518. The molecule has 1 aliphatic rings. The maximum Gasteiger partial charge on any atom is 0.358 e. The average Bonchev–Trinajstić information content (AvgIpc) is 2.75. The second-order valence-electron chi connectivity index (χ2n) is 5.06. The van der Waals surface area contributed by atoms with Gasteiger partial charge in [-0.1, -0.05) is 19.1 Å².